The maximum absolute atomic E-state index is 6.04. The van der Waals surface area contributed by atoms with Gasteiger partial charge < -0.3 is 10.2 Å². The zero-order chi connectivity index (χ0) is 13.7. The lowest BCUT2D eigenvalue weighted by Crippen LogP contribution is -2.28. The molecule has 1 atom stereocenters. The summed E-state index contributed by atoms with van der Waals surface area (Å²) in [6.45, 7) is 9.06. The molecule has 0 saturated heterocycles. The largest absolute Gasteiger partial charge is 0.310 e. The van der Waals surface area contributed by atoms with Crippen LogP contribution in [0.5, 0.6) is 0 Å². The van der Waals surface area contributed by atoms with Crippen molar-refractivity contribution >= 4 is 11.6 Å². The highest BCUT2D eigenvalue weighted by Crippen LogP contribution is 2.32. The lowest BCUT2D eigenvalue weighted by atomic mass is 10.1. The molecular formula is C16H25ClN2. The Labute approximate surface area is 122 Å². The summed E-state index contributed by atoms with van der Waals surface area (Å²) < 4.78 is 0. The molecule has 2 nitrogen and oxygen atoms in total. The van der Waals surface area contributed by atoms with Crippen LogP contribution in [0.1, 0.15) is 43.9 Å². The molecule has 1 aromatic carbocycles. The molecule has 0 aliphatic heterocycles. The van der Waals surface area contributed by atoms with Gasteiger partial charge in [0.1, 0.15) is 0 Å². The van der Waals surface area contributed by atoms with E-state index in [1.807, 2.05) is 6.07 Å². The maximum atomic E-state index is 6.04. The number of nitrogens with zero attached hydrogens (tertiary/aromatic N) is 1. The average Bonchev–Trinajstić information content (AvgIpc) is 2.81. The Bertz CT molecular complexity index is 402. The number of rotatable bonds is 7. The summed E-state index contributed by atoms with van der Waals surface area (Å²) in [5.41, 5.74) is 2.88. The Kier molecular flexibility index (Phi) is 5.68. The van der Waals surface area contributed by atoms with Crippen LogP contribution in [0.2, 0.25) is 5.02 Å². The van der Waals surface area contributed by atoms with Gasteiger partial charge in [0.05, 0.1) is 0 Å². The minimum absolute atomic E-state index is 0.531. The monoisotopic (exact) mass is 280 g/mol. The zero-order valence-corrected chi connectivity index (χ0v) is 12.8. The fourth-order valence-corrected chi connectivity index (χ4v) is 3.11. The van der Waals surface area contributed by atoms with Crippen molar-refractivity contribution in [1.82, 2.24) is 10.2 Å². The van der Waals surface area contributed by atoms with Gasteiger partial charge in [-0.2, -0.15) is 0 Å². The van der Waals surface area contributed by atoms with Gasteiger partial charge in [0, 0.05) is 11.1 Å². The summed E-state index contributed by atoms with van der Waals surface area (Å²) in [7, 11) is 0. The number of benzene rings is 1. The van der Waals surface area contributed by atoms with Crippen LogP contribution in [0.15, 0.2) is 18.2 Å². The molecule has 0 bridgehead atoms. The minimum atomic E-state index is 0.531. The van der Waals surface area contributed by atoms with Gasteiger partial charge in [0.25, 0.3) is 0 Å². The van der Waals surface area contributed by atoms with Crippen LogP contribution >= 0.6 is 11.6 Å². The number of hydrogen-bond acceptors (Lipinski definition) is 2. The lowest BCUT2D eigenvalue weighted by Gasteiger charge is -2.19. The van der Waals surface area contributed by atoms with E-state index in [-0.39, 0.29) is 0 Å². The fourth-order valence-electron chi connectivity index (χ4n) is 2.92. The van der Waals surface area contributed by atoms with E-state index < -0.39 is 0 Å². The van der Waals surface area contributed by atoms with Crippen molar-refractivity contribution in [2.24, 2.45) is 0 Å². The Hall–Kier alpha value is -0.570. The molecule has 0 amide bonds. The second-order valence-electron chi connectivity index (χ2n) is 5.27. The van der Waals surface area contributed by atoms with E-state index >= 15 is 0 Å². The molecular weight excluding hydrogens is 256 g/mol. The van der Waals surface area contributed by atoms with E-state index in [0.717, 1.165) is 31.1 Å². The molecule has 3 heteroatoms. The molecule has 106 valence electrons. The molecule has 1 unspecified atom stereocenters. The average molecular weight is 281 g/mol. The summed E-state index contributed by atoms with van der Waals surface area (Å²) >= 11 is 6.04. The van der Waals surface area contributed by atoms with E-state index in [4.69, 9.17) is 11.6 Å². The highest BCUT2D eigenvalue weighted by atomic mass is 35.5. The van der Waals surface area contributed by atoms with Crippen molar-refractivity contribution in [2.75, 3.05) is 26.2 Å². The zero-order valence-electron chi connectivity index (χ0n) is 12.1. The van der Waals surface area contributed by atoms with Gasteiger partial charge in [-0.15, -0.1) is 0 Å². The standard InChI is InChI=1S/C16H25ClN2/c1-3-19(4-2)11-5-10-18-16-9-6-13-12-14(17)7-8-15(13)16/h7-8,12,16,18H,3-6,9-11H2,1-2H3. The number of nitrogens with one attached hydrogen (secondary N) is 1. The van der Waals surface area contributed by atoms with E-state index in [0.29, 0.717) is 6.04 Å². The first kappa shape index (κ1) is 14.8. The van der Waals surface area contributed by atoms with Crippen molar-refractivity contribution in [3.63, 3.8) is 0 Å². The topological polar surface area (TPSA) is 15.3 Å². The van der Waals surface area contributed by atoms with Crippen LogP contribution in [0.25, 0.3) is 0 Å². The van der Waals surface area contributed by atoms with Gasteiger partial charge in [-0.3, -0.25) is 0 Å². The summed E-state index contributed by atoms with van der Waals surface area (Å²) in [4.78, 5) is 2.48. The van der Waals surface area contributed by atoms with Crippen LogP contribution in [-0.4, -0.2) is 31.1 Å². The van der Waals surface area contributed by atoms with Gasteiger partial charge in [0.2, 0.25) is 0 Å². The first-order valence-corrected chi connectivity index (χ1v) is 7.86. The third kappa shape index (κ3) is 3.95. The third-order valence-electron chi connectivity index (χ3n) is 4.12. The van der Waals surface area contributed by atoms with E-state index in [9.17, 15) is 0 Å². The van der Waals surface area contributed by atoms with Crippen LogP contribution in [0.3, 0.4) is 0 Å². The van der Waals surface area contributed by atoms with Crippen LogP contribution in [-0.2, 0) is 6.42 Å². The summed E-state index contributed by atoms with van der Waals surface area (Å²) in [5.74, 6) is 0. The molecule has 1 aliphatic carbocycles. The van der Waals surface area contributed by atoms with Crippen molar-refractivity contribution < 1.29 is 0 Å². The van der Waals surface area contributed by atoms with Gasteiger partial charge in [-0.25, -0.2) is 0 Å². The van der Waals surface area contributed by atoms with Gasteiger partial charge >= 0.3 is 0 Å². The minimum Gasteiger partial charge on any atom is -0.310 e. The first-order valence-electron chi connectivity index (χ1n) is 7.48. The molecule has 0 aromatic heterocycles. The lowest BCUT2D eigenvalue weighted by molar-refractivity contribution is 0.295. The SMILES string of the molecule is CCN(CC)CCCNC1CCc2cc(Cl)ccc21. The normalized spacial score (nSPS) is 18.0. The van der Waals surface area contributed by atoms with Crippen molar-refractivity contribution in [3.05, 3.63) is 34.3 Å². The van der Waals surface area contributed by atoms with Crippen molar-refractivity contribution in [2.45, 2.75) is 39.2 Å². The van der Waals surface area contributed by atoms with Crippen LogP contribution in [0, 0.1) is 0 Å². The molecule has 1 aliphatic rings. The molecule has 0 spiro atoms. The Morgan fingerprint density at radius 1 is 1.32 bits per heavy atom. The maximum Gasteiger partial charge on any atom is 0.0408 e. The van der Waals surface area contributed by atoms with E-state index in [2.05, 4.69) is 36.2 Å². The molecule has 0 radical (unpaired) electrons. The Balaban J connectivity index is 1.77. The number of halogens is 1. The van der Waals surface area contributed by atoms with E-state index in [1.54, 1.807) is 0 Å². The van der Waals surface area contributed by atoms with Gasteiger partial charge in [0.15, 0.2) is 0 Å². The molecule has 0 heterocycles. The van der Waals surface area contributed by atoms with Crippen molar-refractivity contribution in [1.29, 1.82) is 0 Å². The number of aryl methyl sites for hydroxylation is 1. The predicted octanol–water partition coefficient (Wildman–Crippen LogP) is 3.65. The first-order chi connectivity index (χ1) is 9.24. The second-order valence-corrected chi connectivity index (χ2v) is 5.71. The highest BCUT2D eigenvalue weighted by molar-refractivity contribution is 6.30. The summed E-state index contributed by atoms with van der Waals surface area (Å²) in [5, 5.41) is 4.55. The fraction of sp³-hybridized carbons (Fsp3) is 0.625. The quantitative estimate of drug-likeness (QED) is 0.767. The Morgan fingerprint density at radius 3 is 2.84 bits per heavy atom. The number of fused-ring (bicyclic) bond motifs is 1. The summed E-state index contributed by atoms with van der Waals surface area (Å²) in [6, 6.07) is 6.85. The molecule has 1 N–H and O–H groups in total. The van der Waals surface area contributed by atoms with Crippen LogP contribution in [0.4, 0.5) is 0 Å². The third-order valence-corrected chi connectivity index (χ3v) is 4.35. The summed E-state index contributed by atoms with van der Waals surface area (Å²) in [6.07, 6.45) is 3.59. The molecule has 2 rings (SSSR count). The highest BCUT2D eigenvalue weighted by Gasteiger charge is 2.21. The van der Waals surface area contributed by atoms with E-state index in [1.165, 1.54) is 30.5 Å². The molecule has 1 aromatic rings. The molecule has 0 fully saturated rings. The predicted molar refractivity (Wildman–Crippen MR) is 82.9 cm³/mol. The Morgan fingerprint density at radius 2 is 2.11 bits per heavy atom. The molecule has 19 heavy (non-hydrogen) atoms. The van der Waals surface area contributed by atoms with Gasteiger partial charge in [-0.1, -0.05) is 31.5 Å². The smallest absolute Gasteiger partial charge is 0.0408 e. The van der Waals surface area contributed by atoms with Crippen LogP contribution < -0.4 is 5.32 Å². The molecule has 0 saturated carbocycles. The van der Waals surface area contributed by atoms with Crippen molar-refractivity contribution in [3.8, 4) is 0 Å². The van der Waals surface area contributed by atoms with Gasteiger partial charge in [-0.05, 0) is 68.7 Å². The second kappa shape index (κ2) is 7.28. The number of hydrogen-bond donors (Lipinski definition) is 1.